The van der Waals surface area contributed by atoms with Crippen LogP contribution < -0.4 is 10.6 Å². The maximum atomic E-state index is 12.6. The van der Waals surface area contributed by atoms with Gasteiger partial charge in [0.05, 0.1) is 0 Å². The molecule has 0 radical (unpaired) electrons. The fourth-order valence-corrected chi connectivity index (χ4v) is 3.71. The quantitative estimate of drug-likeness (QED) is 0.561. The summed E-state index contributed by atoms with van der Waals surface area (Å²) in [6.07, 6.45) is 0.854. The highest BCUT2D eigenvalue weighted by atomic mass is 79.9. The van der Waals surface area contributed by atoms with E-state index in [1.54, 1.807) is 24.3 Å². The van der Waals surface area contributed by atoms with E-state index in [4.69, 9.17) is 0 Å². The second-order valence-corrected chi connectivity index (χ2v) is 7.81. The lowest BCUT2D eigenvalue weighted by Gasteiger charge is -2.09. The van der Waals surface area contributed by atoms with Gasteiger partial charge in [0.15, 0.2) is 0 Å². The van der Waals surface area contributed by atoms with Crippen LogP contribution in [0, 0.1) is 5.92 Å². The second kappa shape index (κ2) is 7.98. The predicted molar refractivity (Wildman–Crippen MR) is 114 cm³/mol. The molecule has 0 aliphatic heterocycles. The third-order valence-electron chi connectivity index (χ3n) is 4.83. The molecule has 2 N–H and O–H groups in total. The Morgan fingerprint density at radius 3 is 2.29 bits per heavy atom. The van der Waals surface area contributed by atoms with Crippen LogP contribution in [-0.4, -0.2) is 11.8 Å². The van der Waals surface area contributed by atoms with E-state index in [0.717, 1.165) is 10.9 Å². The molecule has 2 atom stereocenters. The molecule has 2 unspecified atom stereocenters. The van der Waals surface area contributed by atoms with Crippen molar-refractivity contribution in [1.29, 1.82) is 0 Å². The van der Waals surface area contributed by atoms with E-state index in [1.807, 2.05) is 42.5 Å². The van der Waals surface area contributed by atoms with Crippen LogP contribution in [0.5, 0.6) is 0 Å². The molecule has 1 fully saturated rings. The molecule has 4 rings (SSSR count). The molecule has 3 aromatic carbocycles. The Balaban J connectivity index is 1.39. The highest BCUT2D eigenvalue weighted by Gasteiger charge is 2.43. The van der Waals surface area contributed by atoms with Crippen LogP contribution in [0.25, 0.3) is 0 Å². The first-order valence-electron chi connectivity index (χ1n) is 9.13. The van der Waals surface area contributed by atoms with Crippen molar-refractivity contribution in [3.05, 3.63) is 94.5 Å². The third-order valence-corrected chi connectivity index (χ3v) is 5.32. The first-order valence-corrected chi connectivity index (χ1v) is 9.92. The van der Waals surface area contributed by atoms with Gasteiger partial charge in [0.2, 0.25) is 5.91 Å². The van der Waals surface area contributed by atoms with E-state index >= 15 is 0 Å². The van der Waals surface area contributed by atoms with Crippen LogP contribution in [0.1, 0.15) is 28.3 Å². The van der Waals surface area contributed by atoms with Crippen LogP contribution in [-0.2, 0) is 4.79 Å². The molecule has 0 spiro atoms. The Morgan fingerprint density at radius 1 is 0.821 bits per heavy atom. The van der Waals surface area contributed by atoms with Gasteiger partial charge in [0.1, 0.15) is 0 Å². The van der Waals surface area contributed by atoms with Gasteiger partial charge in [0, 0.05) is 27.3 Å². The number of anilines is 2. The molecule has 2 amide bonds. The summed E-state index contributed by atoms with van der Waals surface area (Å²) in [6.45, 7) is 0. The van der Waals surface area contributed by atoms with Gasteiger partial charge in [0.25, 0.3) is 5.91 Å². The minimum atomic E-state index is -0.180. The van der Waals surface area contributed by atoms with Crippen molar-refractivity contribution in [3.8, 4) is 0 Å². The van der Waals surface area contributed by atoms with Crippen LogP contribution >= 0.6 is 15.9 Å². The largest absolute Gasteiger partial charge is 0.326 e. The van der Waals surface area contributed by atoms with Gasteiger partial charge < -0.3 is 10.6 Å². The number of hydrogen-bond donors (Lipinski definition) is 2. The average Bonchev–Trinajstić information content (AvgIpc) is 3.50. The van der Waals surface area contributed by atoms with Gasteiger partial charge in [-0.05, 0) is 60.4 Å². The molecule has 1 saturated carbocycles. The molecule has 0 heterocycles. The number of rotatable bonds is 5. The van der Waals surface area contributed by atoms with E-state index in [0.29, 0.717) is 16.9 Å². The zero-order chi connectivity index (χ0) is 19.5. The van der Waals surface area contributed by atoms with Crippen molar-refractivity contribution >= 4 is 39.1 Å². The number of benzene rings is 3. The van der Waals surface area contributed by atoms with E-state index in [1.165, 1.54) is 5.56 Å². The topological polar surface area (TPSA) is 58.2 Å². The molecule has 1 aliphatic rings. The molecule has 4 nitrogen and oxygen atoms in total. The first kappa shape index (κ1) is 18.4. The molecule has 1 aliphatic carbocycles. The maximum Gasteiger partial charge on any atom is 0.255 e. The zero-order valence-electron chi connectivity index (χ0n) is 15.1. The number of carbonyl (C=O) groups excluding carboxylic acids is 2. The summed E-state index contributed by atoms with van der Waals surface area (Å²) >= 11 is 3.48. The van der Waals surface area contributed by atoms with Crippen LogP contribution in [0.3, 0.4) is 0 Å². The van der Waals surface area contributed by atoms with Crippen molar-refractivity contribution in [1.82, 2.24) is 0 Å². The molecular weight excluding hydrogens is 416 g/mol. The predicted octanol–water partition coefficient (Wildman–Crippen LogP) is 5.44. The van der Waals surface area contributed by atoms with Gasteiger partial charge >= 0.3 is 0 Å². The van der Waals surface area contributed by atoms with Crippen molar-refractivity contribution < 1.29 is 9.59 Å². The number of halogens is 1. The molecule has 28 heavy (non-hydrogen) atoms. The van der Waals surface area contributed by atoms with Crippen LogP contribution in [0.2, 0.25) is 0 Å². The van der Waals surface area contributed by atoms with Crippen molar-refractivity contribution in [3.63, 3.8) is 0 Å². The van der Waals surface area contributed by atoms with Gasteiger partial charge in [-0.25, -0.2) is 0 Å². The first-order chi connectivity index (χ1) is 13.6. The van der Waals surface area contributed by atoms with Crippen molar-refractivity contribution in [2.75, 3.05) is 10.6 Å². The standard InChI is InChI=1S/C23H19BrN2O2/c24-17-9-4-8-16(12-17)20-14-21(20)23(28)26-19-11-5-10-18(13-19)25-22(27)15-6-2-1-3-7-15/h1-13,20-21H,14H2,(H,25,27)(H,26,28). The summed E-state index contributed by atoms with van der Waals surface area (Å²) in [5.41, 5.74) is 3.09. The Bertz CT molecular complexity index is 1020. The Labute approximate surface area is 172 Å². The van der Waals surface area contributed by atoms with Crippen LogP contribution in [0.4, 0.5) is 11.4 Å². The van der Waals surface area contributed by atoms with Crippen molar-refractivity contribution in [2.24, 2.45) is 5.92 Å². The Hall–Kier alpha value is -2.92. The number of nitrogens with one attached hydrogen (secondary N) is 2. The molecule has 3 aromatic rings. The summed E-state index contributed by atoms with van der Waals surface area (Å²) in [5.74, 6) is 0.0767. The van der Waals surface area contributed by atoms with Crippen molar-refractivity contribution in [2.45, 2.75) is 12.3 Å². The maximum absolute atomic E-state index is 12.6. The fourth-order valence-electron chi connectivity index (χ4n) is 3.29. The highest BCUT2D eigenvalue weighted by molar-refractivity contribution is 9.10. The van der Waals surface area contributed by atoms with Gasteiger partial charge in [-0.1, -0.05) is 52.3 Å². The SMILES string of the molecule is O=C(Nc1cccc(NC(=O)C2CC2c2cccc(Br)c2)c1)c1ccccc1. The lowest BCUT2D eigenvalue weighted by molar-refractivity contribution is -0.117. The minimum absolute atomic E-state index is 0.0107. The number of carbonyl (C=O) groups is 2. The lowest BCUT2D eigenvalue weighted by atomic mass is 10.1. The summed E-state index contributed by atoms with van der Waals surface area (Å²) in [6, 6.07) is 24.3. The molecule has 5 heteroatoms. The molecule has 0 saturated heterocycles. The number of hydrogen-bond acceptors (Lipinski definition) is 2. The third kappa shape index (κ3) is 4.31. The average molecular weight is 435 g/mol. The van der Waals surface area contributed by atoms with Gasteiger partial charge in [-0.3, -0.25) is 9.59 Å². The molecule has 0 bridgehead atoms. The Kier molecular flexibility index (Phi) is 5.26. The number of amides is 2. The van der Waals surface area contributed by atoms with Gasteiger partial charge in [-0.2, -0.15) is 0 Å². The summed E-state index contributed by atoms with van der Waals surface area (Å²) < 4.78 is 1.03. The highest BCUT2D eigenvalue weighted by Crippen LogP contribution is 2.48. The fraction of sp³-hybridized carbons (Fsp3) is 0.130. The summed E-state index contributed by atoms with van der Waals surface area (Å²) in [4.78, 5) is 24.9. The van der Waals surface area contributed by atoms with E-state index in [-0.39, 0.29) is 23.7 Å². The van der Waals surface area contributed by atoms with E-state index < -0.39 is 0 Å². The smallest absolute Gasteiger partial charge is 0.255 e. The monoisotopic (exact) mass is 434 g/mol. The molecular formula is C23H19BrN2O2. The van der Waals surface area contributed by atoms with Gasteiger partial charge in [-0.15, -0.1) is 0 Å². The lowest BCUT2D eigenvalue weighted by Crippen LogP contribution is -2.15. The normalized spacial score (nSPS) is 17.6. The second-order valence-electron chi connectivity index (χ2n) is 6.89. The molecule has 140 valence electrons. The zero-order valence-corrected chi connectivity index (χ0v) is 16.6. The minimum Gasteiger partial charge on any atom is -0.326 e. The van der Waals surface area contributed by atoms with E-state index in [9.17, 15) is 9.59 Å². The van der Waals surface area contributed by atoms with Crippen LogP contribution in [0.15, 0.2) is 83.3 Å². The van der Waals surface area contributed by atoms with E-state index in [2.05, 4.69) is 38.7 Å². The summed E-state index contributed by atoms with van der Waals surface area (Å²) in [7, 11) is 0. The molecule has 0 aromatic heterocycles. The Morgan fingerprint density at radius 2 is 1.54 bits per heavy atom. The summed E-state index contributed by atoms with van der Waals surface area (Å²) in [5, 5.41) is 5.83.